The van der Waals surface area contributed by atoms with Crippen LogP contribution in [0, 0.1) is 5.82 Å². The highest BCUT2D eigenvalue weighted by atomic mass is 19.1. The number of hydrogen-bond acceptors (Lipinski definition) is 4. The van der Waals surface area contributed by atoms with Gasteiger partial charge in [0, 0.05) is 24.1 Å². The Morgan fingerprint density at radius 2 is 1.89 bits per heavy atom. The molecule has 0 saturated heterocycles. The van der Waals surface area contributed by atoms with E-state index in [1.807, 2.05) is 0 Å². The molecule has 0 fully saturated rings. The van der Waals surface area contributed by atoms with Crippen molar-refractivity contribution in [3.8, 4) is 11.5 Å². The number of rotatable bonds is 7. The fourth-order valence-electron chi connectivity index (χ4n) is 1.81. The minimum absolute atomic E-state index is 0.239. The van der Waals surface area contributed by atoms with Gasteiger partial charge in [-0.1, -0.05) is 0 Å². The van der Waals surface area contributed by atoms with Crippen LogP contribution in [0.4, 0.5) is 4.39 Å². The van der Waals surface area contributed by atoms with Crippen LogP contribution in [-0.2, 0) is 4.79 Å². The van der Waals surface area contributed by atoms with Gasteiger partial charge in [-0.15, -0.1) is 0 Å². The van der Waals surface area contributed by atoms with Gasteiger partial charge in [-0.25, -0.2) is 4.39 Å². The van der Waals surface area contributed by atoms with Crippen molar-refractivity contribution in [1.29, 1.82) is 0 Å². The molecule has 0 bridgehead atoms. The highest BCUT2D eigenvalue weighted by Crippen LogP contribution is 2.32. The number of nitrogens with two attached hydrogens (primary N) is 2. The van der Waals surface area contributed by atoms with E-state index in [0.717, 1.165) is 0 Å². The minimum atomic E-state index is -0.515. The molecule has 1 aromatic rings. The summed E-state index contributed by atoms with van der Waals surface area (Å²) in [6, 6.07) is 2.24. The molecular weight excluding hydrogens is 251 g/mol. The Balaban J connectivity index is 2.84. The average molecular weight is 270 g/mol. The number of methoxy groups -OCH3 is 2. The predicted octanol–water partition coefficient (Wildman–Crippen LogP) is 1.50. The lowest BCUT2D eigenvalue weighted by Gasteiger charge is -2.15. The van der Waals surface area contributed by atoms with E-state index in [4.69, 9.17) is 20.9 Å². The molecule has 1 unspecified atom stereocenters. The molecule has 0 radical (unpaired) electrons. The Hall–Kier alpha value is -1.82. The second-order valence-electron chi connectivity index (χ2n) is 4.19. The number of carbonyl (C=O) groups is 1. The summed E-state index contributed by atoms with van der Waals surface area (Å²) in [5, 5.41) is 0. The van der Waals surface area contributed by atoms with E-state index < -0.39 is 11.9 Å². The first-order valence-electron chi connectivity index (χ1n) is 5.95. The summed E-state index contributed by atoms with van der Waals surface area (Å²) < 4.78 is 24.0. The van der Waals surface area contributed by atoms with Crippen LogP contribution in [0.2, 0.25) is 0 Å². The van der Waals surface area contributed by atoms with Gasteiger partial charge >= 0.3 is 0 Å². The molecule has 0 aromatic heterocycles. The third-order valence-corrected chi connectivity index (χ3v) is 2.84. The van der Waals surface area contributed by atoms with Gasteiger partial charge in [-0.3, -0.25) is 4.79 Å². The molecule has 1 atom stereocenters. The van der Waals surface area contributed by atoms with E-state index in [9.17, 15) is 9.18 Å². The lowest BCUT2D eigenvalue weighted by atomic mass is 10.0. The van der Waals surface area contributed by atoms with Gasteiger partial charge in [-0.05, 0) is 18.9 Å². The maximum Gasteiger partial charge on any atom is 0.217 e. The van der Waals surface area contributed by atoms with Gasteiger partial charge in [0.2, 0.25) is 5.91 Å². The summed E-state index contributed by atoms with van der Waals surface area (Å²) in [5.74, 6) is -0.110. The number of hydrogen-bond donors (Lipinski definition) is 2. The Morgan fingerprint density at radius 1 is 1.32 bits per heavy atom. The Kier molecular flexibility index (Phi) is 5.57. The van der Waals surface area contributed by atoms with Crippen LogP contribution in [0.1, 0.15) is 30.9 Å². The monoisotopic (exact) mass is 270 g/mol. The third-order valence-electron chi connectivity index (χ3n) is 2.84. The maximum atomic E-state index is 13.9. The van der Waals surface area contributed by atoms with Gasteiger partial charge in [0.25, 0.3) is 0 Å². The highest BCUT2D eigenvalue weighted by Gasteiger charge is 2.16. The Labute approximate surface area is 111 Å². The van der Waals surface area contributed by atoms with Crippen molar-refractivity contribution >= 4 is 5.91 Å². The van der Waals surface area contributed by atoms with E-state index in [0.29, 0.717) is 29.9 Å². The topological polar surface area (TPSA) is 87.6 Å². The van der Waals surface area contributed by atoms with Crippen LogP contribution in [0.15, 0.2) is 12.1 Å². The number of amides is 1. The average Bonchev–Trinajstić information content (AvgIpc) is 2.37. The first kappa shape index (κ1) is 15.2. The number of ether oxygens (including phenoxy) is 2. The molecular formula is C13H19FN2O3. The quantitative estimate of drug-likeness (QED) is 0.786. The summed E-state index contributed by atoms with van der Waals surface area (Å²) in [5.41, 5.74) is 11.3. The maximum absolute atomic E-state index is 13.9. The summed E-state index contributed by atoms with van der Waals surface area (Å²) in [4.78, 5) is 10.6. The van der Waals surface area contributed by atoms with Crippen molar-refractivity contribution in [2.45, 2.75) is 25.3 Å². The second kappa shape index (κ2) is 6.94. The lowest BCUT2D eigenvalue weighted by Crippen LogP contribution is -2.15. The van der Waals surface area contributed by atoms with Crippen molar-refractivity contribution in [2.75, 3.05) is 14.2 Å². The molecule has 0 heterocycles. The van der Waals surface area contributed by atoms with Gasteiger partial charge in [0.15, 0.2) is 11.5 Å². The molecule has 0 saturated carbocycles. The molecule has 19 heavy (non-hydrogen) atoms. The zero-order valence-corrected chi connectivity index (χ0v) is 11.1. The van der Waals surface area contributed by atoms with E-state index >= 15 is 0 Å². The summed E-state index contributed by atoms with van der Waals surface area (Å²) in [6.07, 6.45) is 1.22. The van der Waals surface area contributed by atoms with E-state index in [2.05, 4.69) is 0 Å². The molecule has 0 aliphatic carbocycles. The first-order valence-corrected chi connectivity index (χ1v) is 5.95. The summed E-state index contributed by atoms with van der Waals surface area (Å²) in [7, 11) is 2.90. The van der Waals surface area contributed by atoms with Crippen molar-refractivity contribution < 1.29 is 18.7 Å². The number of benzene rings is 1. The molecule has 0 aliphatic heterocycles. The zero-order chi connectivity index (χ0) is 14.4. The normalized spacial score (nSPS) is 12.0. The van der Waals surface area contributed by atoms with Crippen LogP contribution in [0.25, 0.3) is 0 Å². The van der Waals surface area contributed by atoms with Gasteiger partial charge < -0.3 is 20.9 Å². The molecule has 0 spiro atoms. The molecule has 4 N–H and O–H groups in total. The van der Waals surface area contributed by atoms with E-state index in [-0.39, 0.29) is 12.3 Å². The standard InChI is InChI=1S/C13H19FN2O3/c1-18-11-6-8(9(14)7-12(11)19-2)10(15)4-3-5-13(16)17/h6-7,10H,3-5,15H2,1-2H3,(H2,16,17). The number of carbonyl (C=O) groups excluding carboxylic acids is 1. The molecule has 1 rings (SSSR count). The highest BCUT2D eigenvalue weighted by molar-refractivity contribution is 5.73. The van der Waals surface area contributed by atoms with Crippen molar-refractivity contribution in [1.82, 2.24) is 0 Å². The second-order valence-corrected chi connectivity index (χ2v) is 4.19. The van der Waals surface area contributed by atoms with E-state index in [1.165, 1.54) is 26.4 Å². The van der Waals surface area contributed by atoms with E-state index in [1.54, 1.807) is 0 Å². The van der Waals surface area contributed by atoms with Crippen LogP contribution < -0.4 is 20.9 Å². The van der Waals surface area contributed by atoms with Gasteiger partial charge in [0.05, 0.1) is 14.2 Å². The Bertz CT molecular complexity index is 452. The SMILES string of the molecule is COc1cc(F)c(C(N)CCCC(N)=O)cc1OC. The molecule has 106 valence electrons. The minimum Gasteiger partial charge on any atom is -0.493 e. The third kappa shape index (κ3) is 4.10. The summed E-state index contributed by atoms with van der Waals surface area (Å²) >= 11 is 0. The van der Waals surface area contributed by atoms with Crippen LogP contribution >= 0.6 is 0 Å². The molecule has 5 nitrogen and oxygen atoms in total. The predicted molar refractivity (Wildman–Crippen MR) is 69.5 cm³/mol. The van der Waals surface area contributed by atoms with Crippen molar-refractivity contribution in [2.24, 2.45) is 11.5 Å². The smallest absolute Gasteiger partial charge is 0.217 e. The van der Waals surface area contributed by atoms with Crippen LogP contribution in [0.5, 0.6) is 11.5 Å². The van der Waals surface area contributed by atoms with Gasteiger partial charge in [0.1, 0.15) is 5.82 Å². The zero-order valence-electron chi connectivity index (χ0n) is 11.1. The first-order chi connectivity index (χ1) is 8.99. The fraction of sp³-hybridized carbons (Fsp3) is 0.462. The largest absolute Gasteiger partial charge is 0.493 e. The molecule has 0 aliphatic rings. The molecule has 1 aromatic carbocycles. The van der Waals surface area contributed by atoms with Crippen LogP contribution in [-0.4, -0.2) is 20.1 Å². The van der Waals surface area contributed by atoms with Crippen LogP contribution in [0.3, 0.4) is 0 Å². The van der Waals surface area contributed by atoms with Crippen molar-refractivity contribution in [3.63, 3.8) is 0 Å². The molecule has 1 amide bonds. The van der Waals surface area contributed by atoms with Gasteiger partial charge in [-0.2, -0.15) is 0 Å². The lowest BCUT2D eigenvalue weighted by molar-refractivity contribution is -0.118. The Morgan fingerprint density at radius 3 is 2.42 bits per heavy atom. The molecule has 6 heteroatoms. The number of halogens is 1. The fourth-order valence-corrected chi connectivity index (χ4v) is 1.81. The summed E-state index contributed by atoms with van der Waals surface area (Å²) in [6.45, 7) is 0. The number of primary amides is 1. The van der Waals surface area contributed by atoms with Crippen molar-refractivity contribution in [3.05, 3.63) is 23.5 Å².